The molecule has 1 rings (SSSR count). The van der Waals surface area contributed by atoms with Gasteiger partial charge in [0, 0.05) is 32.3 Å². The summed E-state index contributed by atoms with van der Waals surface area (Å²) in [5.41, 5.74) is 0. The first-order chi connectivity index (χ1) is 7.59. The highest BCUT2D eigenvalue weighted by molar-refractivity contribution is 5.73. The summed E-state index contributed by atoms with van der Waals surface area (Å²) in [6, 6.07) is -0.303. The number of carboxylic acid groups (broad SMARTS) is 1. The number of hydrogen-bond donors (Lipinski definition) is 2. The van der Waals surface area contributed by atoms with E-state index in [1.165, 1.54) is 0 Å². The third-order valence-corrected chi connectivity index (χ3v) is 2.59. The van der Waals surface area contributed by atoms with Gasteiger partial charge in [-0.1, -0.05) is 13.8 Å². The van der Waals surface area contributed by atoms with Crippen molar-refractivity contribution in [1.29, 1.82) is 0 Å². The van der Waals surface area contributed by atoms with Gasteiger partial charge in [-0.05, 0) is 6.42 Å². The summed E-state index contributed by atoms with van der Waals surface area (Å²) in [5.74, 6) is -0.779. The predicted octanol–water partition coefficient (Wildman–Crippen LogP) is 0.160. The molecule has 0 aromatic rings. The fourth-order valence-corrected chi connectivity index (χ4v) is 1.84. The van der Waals surface area contributed by atoms with Crippen LogP contribution >= 0.6 is 0 Å². The Morgan fingerprint density at radius 2 is 2.19 bits per heavy atom. The van der Waals surface area contributed by atoms with Crippen LogP contribution in [-0.4, -0.2) is 60.9 Å². The highest BCUT2D eigenvalue weighted by Gasteiger charge is 2.22. The van der Waals surface area contributed by atoms with Gasteiger partial charge in [-0.25, -0.2) is 0 Å². The molecule has 0 spiro atoms. The van der Waals surface area contributed by atoms with E-state index in [-0.39, 0.29) is 6.04 Å². The molecule has 0 amide bonds. The lowest BCUT2D eigenvalue weighted by molar-refractivity contribution is -0.140. The standard InChI is InChI=1S/C11H22N2O3/c1-9(2)12-10(11(14)15)8-13-4-3-6-16-7-5-13/h9-10,12H,3-8H2,1-2H3,(H,14,15). The first kappa shape index (κ1) is 13.4. The Morgan fingerprint density at radius 1 is 1.44 bits per heavy atom. The Balaban J connectivity index is 2.42. The van der Waals surface area contributed by atoms with Crippen LogP contribution in [0.15, 0.2) is 0 Å². The van der Waals surface area contributed by atoms with Gasteiger partial charge in [-0.2, -0.15) is 0 Å². The van der Waals surface area contributed by atoms with Crippen LogP contribution in [0.2, 0.25) is 0 Å². The van der Waals surface area contributed by atoms with Gasteiger partial charge < -0.3 is 15.2 Å². The van der Waals surface area contributed by atoms with E-state index < -0.39 is 12.0 Å². The molecule has 0 aromatic carbocycles. The molecule has 0 aromatic heterocycles. The molecule has 1 heterocycles. The third-order valence-electron chi connectivity index (χ3n) is 2.59. The number of aliphatic carboxylic acids is 1. The normalized spacial score (nSPS) is 20.7. The number of carbonyl (C=O) groups is 1. The Morgan fingerprint density at radius 3 is 2.81 bits per heavy atom. The number of carboxylic acids is 1. The van der Waals surface area contributed by atoms with E-state index in [0.717, 1.165) is 26.1 Å². The van der Waals surface area contributed by atoms with Gasteiger partial charge in [-0.15, -0.1) is 0 Å². The number of hydrogen-bond acceptors (Lipinski definition) is 4. The first-order valence-corrected chi connectivity index (χ1v) is 5.88. The van der Waals surface area contributed by atoms with Gasteiger partial charge in [0.15, 0.2) is 0 Å². The van der Waals surface area contributed by atoms with Gasteiger partial charge in [0.2, 0.25) is 0 Å². The third kappa shape index (κ3) is 4.92. The highest BCUT2D eigenvalue weighted by Crippen LogP contribution is 2.01. The van der Waals surface area contributed by atoms with E-state index in [1.54, 1.807) is 0 Å². The lowest BCUT2D eigenvalue weighted by Gasteiger charge is -2.25. The number of nitrogens with one attached hydrogen (secondary N) is 1. The summed E-state index contributed by atoms with van der Waals surface area (Å²) < 4.78 is 5.34. The van der Waals surface area contributed by atoms with Crippen molar-refractivity contribution in [3.63, 3.8) is 0 Å². The minimum absolute atomic E-state index is 0.185. The topological polar surface area (TPSA) is 61.8 Å². The largest absolute Gasteiger partial charge is 0.480 e. The van der Waals surface area contributed by atoms with Crippen LogP contribution in [0.25, 0.3) is 0 Å². The summed E-state index contributed by atoms with van der Waals surface area (Å²) in [4.78, 5) is 13.2. The fourth-order valence-electron chi connectivity index (χ4n) is 1.84. The van der Waals surface area contributed by atoms with Crippen molar-refractivity contribution < 1.29 is 14.6 Å². The van der Waals surface area contributed by atoms with Crippen LogP contribution in [0.1, 0.15) is 20.3 Å². The lowest BCUT2D eigenvalue weighted by atomic mass is 10.2. The first-order valence-electron chi connectivity index (χ1n) is 5.88. The second kappa shape index (κ2) is 6.83. The van der Waals surface area contributed by atoms with Gasteiger partial charge >= 0.3 is 5.97 Å². The minimum atomic E-state index is -0.779. The van der Waals surface area contributed by atoms with Crippen LogP contribution < -0.4 is 5.32 Å². The molecule has 5 nitrogen and oxygen atoms in total. The molecule has 94 valence electrons. The van der Waals surface area contributed by atoms with Crippen LogP contribution in [0.4, 0.5) is 0 Å². The summed E-state index contributed by atoms with van der Waals surface area (Å²) >= 11 is 0. The Bertz CT molecular complexity index is 213. The van der Waals surface area contributed by atoms with E-state index in [0.29, 0.717) is 13.2 Å². The summed E-state index contributed by atoms with van der Waals surface area (Å²) in [6.45, 7) is 7.70. The molecule has 16 heavy (non-hydrogen) atoms. The average molecular weight is 230 g/mol. The molecule has 1 unspecified atom stereocenters. The molecular formula is C11H22N2O3. The Hall–Kier alpha value is -0.650. The molecule has 1 atom stereocenters. The minimum Gasteiger partial charge on any atom is -0.480 e. The maximum atomic E-state index is 11.1. The van der Waals surface area contributed by atoms with Gasteiger partial charge in [0.1, 0.15) is 6.04 Å². The Labute approximate surface area is 96.8 Å². The van der Waals surface area contributed by atoms with Crippen molar-refractivity contribution in [2.24, 2.45) is 0 Å². The van der Waals surface area contributed by atoms with E-state index in [2.05, 4.69) is 10.2 Å². The molecule has 0 bridgehead atoms. The Kier molecular flexibility index (Phi) is 5.73. The van der Waals surface area contributed by atoms with Crippen molar-refractivity contribution in [2.75, 3.05) is 32.8 Å². The number of ether oxygens (including phenoxy) is 1. The van der Waals surface area contributed by atoms with Crippen LogP contribution in [0, 0.1) is 0 Å². The van der Waals surface area contributed by atoms with Crippen molar-refractivity contribution in [2.45, 2.75) is 32.4 Å². The fraction of sp³-hybridized carbons (Fsp3) is 0.909. The monoisotopic (exact) mass is 230 g/mol. The second-order valence-electron chi connectivity index (χ2n) is 4.48. The molecule has 5 heteroatoms. The summed E-state index contributed by atoms with van der Waals surface area (Å²) in [7, 11) is 0. The van der Waals surface area contributed by atoms with Crippen molar-refractivity contribution in [1.82, 2.24) is 10.2 Å². The van der Waals surface area contributed by atoms with Gasteiger partial charge in [-0.3, -0.25) is 9.69 Å². The zero-order valence-electron chi connectivity index (χ0n) is 10.1. The predicted molar refractivity (Wildman–Crippen MR) is 61.6 cm³/mol. The quantitative estimate of drug-likeness (QED) is 0.704. The van der Waals surface area contributed by atoms with Crippen LogP contribution in [-0.2, 0) is 9.53 Å². The molecule has 0 radical (unpaired) electrons. The van der Waals surface area contributed by atoms with E-state index >= 15 is 0 Å². The summed E-state index contributed by atoms with van der Waals surface area (Å²) in [6.07, 6.45) is 0.980. The zero-order chi connectivity index (χ0) is 12.0. The van der Waals surface area contributed by atoms with E-state index in [1.807, 2.05) is 13.8 Å². The van der Waals surface area contributed by atoms with Crippen molar-refractivity contribution in [3.8, 4) is 0 Å². The molecule has 0 saturated carbocycles. The van der Waals surface area contributed by atoms with Crippen molar-refractivity contribution >= 4 is 5.97 Å². The molecule has 1 fully saturated rings. The maximum absolute atomic E-state index is 11.1. The molecular weight excluding hydrogens is 208 g/mol. The SMILES string of the molecule is CC(C)NC(CN1CCCOCC1)C(=O)O. The van der Waals surface area contributed by atoms with Crippen LogP contribution in [0.5, 0.6) is 0 Å². The maximum Gasteiger partial charge on any atom is 0.322 e. The lowest BCUT2D eigenvalue weighted by Crippen LogP contribution is -2.49. The summed E-state index contributed by atoms with van der Waals surface area (Å²) in [5, 5.41) is 12.2. The second-order valence-corrected chi connectivity index (χ2v) is 4.48. The molecule has 0 aliphatic carbocycles. The molecule has 1 aliphatic rings. The van der Waals surface area contributed by atoms with Gasteiger partial charge in [0.05, 0.1) is 6.61 Å². The van der Waals surface area contributed by atoms with E-state index in [9.17, 15) is 4.79 Å². The smallest absolute Gasteiger partial charge is 0.322 e. The van der Waals surface area contributed by atoms with Gasteiger partial charge in [0.25, 0.3) is 0 Å². The molecule has 2 N–H and O–H groups in total. The van der Waals surface area contributed by atoms with Crippen LogP contribution in [0.3, 0.4) is 0 Å². The average Bonchev–Trinajstić information content (AvgIpc) is 2.44. The van der Waals surface area contributed by atoms with E-state index in [4.69, 9.17) is 9.84 Å². The number of nitrogens with zero attached hydrogens (tertiary/aromatic N) is 1. The molecule has 1 saturated heterocycles. The zero-order valence-corrected chi connectivity index (χ0v) is 10.1. The van der Waals surface area contributed by atoms with Crippen molar-refractivity contribution in [3.05, 3.63) is 0 Å². The molecule has 1 aliphatic heterocycles. The highest BCUT2D eigenvalue weighted by atomic mass is 16.5. The number of rotatable bonds is 5.